The van der Waals surface area contributed by atoms with Crippen molar-refractivity contribution >= 4 is 23.0 Å². The molecule has 0 spiro atoms. The molecule has 2 bridgehead atoms. The fourth-order valence-electron chi connectivity index (χ4n) is 3.23. The molecule has 1 fully saturated rings. The lowest BCUT2D eigenvalue weighted by Gasteiger charge is -2.22. The van der Waals surface area contributed by atoms with Crippen LogP contribution in [0.1, 0.15) is 38.2 Å². The maximum Gasteiger partial charge on any atom is 0.171 e. The summed E-state index contributed by atoms with van der Waals surface area (Å²) in [7, 11) is 0. The number of hydrogen-bond acceptors (Lipinski definition) is 1. The first kappa shape index (κ1) is 13.6. The summed E-state index contributed by atoms with van der Waals surface area (Å²) in [4.78, 5) is 0. The van der Waals surface area contributed by atoms with E-state index in [-0.39, 0.29) is 0 Å². The van der Waals surface area contributed by atoms with E-state index in [0.29, 0.717) is 17.9 Å². The molecule has 0 unspecified atom stereocenters. The van der Waals surface area contributed by atoms with Gasteiger partial charge in [-0.05, 0) is 60.5 Å². The molecule has 1 aromatic rings. The SMILES string of the molecule is CC(C)c1ccc(NC(=S)N[C@H]2C[C@@H]3C=C[C@H]2C3)cc1. The Bertz CT molecular complexity index is 518. The van der Waals surface area contributed by atoms with Gasteiger partial charge in [-0.1, -0.05) is 38.1 Å². The van der Waals surface area contributed by atoms with Crippen LogP contribution in [0.15, 0.2) is 36.4 Å². The summed E-state index contributed by atoms with van der Waals surface area (Å²) in [5.41, 5.74) is 2.42. The minimum absolute atomic E-state index is 0.514. The molecule has 2 nitrogen and oxygen atoms in total. The van der Waals surface area contributed by atoms with E-state index in [1.54, 1.807) is 0 Å². The molecule has 106 valence electrons. The van der Waals surface area contributed by atoms with Crippen molar-refractivity contribution in [3.63, 3.8) is 0 Å². The quantitative estimate of drug-likeness (QED) is 0.647. The second-order valence-electron chi connectivity index (χ2n) is 6.26. The number of rotatable bonds is 3. The highest BCUT2D eigenvalue weighted by Gasteiger charge is 2.35. The first-order valence-corrected chi connectivity index (χ1v) is 7.88. The minimum Gasteiger partial charge on any atom is -0.359 e. The Kier molecular flexibility index (Phi) is 3.79. The van der Waals surface area contributed by atoms with Gasteiger partial charge in [0.25, 0.3) is 0 Å². The topological polar surface area (TPSA) is 24.1 Å². The first-order valence-electron chi connectivity index (χ1n) is 7.47. The van der Waals surface area contributed by atoms with Gasteiger partial charge in [-0.25, -0.2) is 0 Å². The Morgan fingerprint density at radius 1 is 1.15 bits per heavy atom. The molecule has 2 aliphatic carbocycles. The van der Waals surface area contributed by atoms with Gasteiger partial charge >= 0.3 is 0 Å². The molecule has 0 aliphatic heterocycles. The van der Waals surface area contributed by atoms with Crippen molar-refractivity contribution in [3.05, 3.63) is 42.0 Å². The Labute approximate surface area is 126 Å². The monoisotopic (exact) mass is 286 g/mol. The van der Waals surface area contributed by atoms with Crippen LogP contribution in [-0.2, 0) is 0 Å². The zero-order valence-corrected chi connectivity index (χ0v) is 12.9. The lowest BCUT2D eigenvalue weighted by Crippen LogP contribution is -2.40. The number of benzene rings is 1. The van der Waals surface area contributed by atoms with Gasteiger partial charge in [0.2, 0.25) is 0 Å². The van der Waals surface area contributed by atoms with E-state index in [0.717, 1.165) is 16.7 Å². The van der Waals surface area contributed by atoms with Crippen molar-refractivity contribution < 1.29 is 0 Å². The second-order valence-corrected chi connectivity index (χ2v) is 6.67. The van der Waals surface area contributed by atoms with Crippen LogP contribution >= 0.6 is 12.2 Å². The van der Waals surface area contributed by atoms with Crippen LogP contribution in [0.5, 0.6) is 0 Å². The summed E-state index contributed by atoms with van der Waals surface area (Å²) in [5.74, 6) is 2.00. The van der Waals surface area contributed by atoms with E-state index >= 15 is 0 Å². The highest BCUT2D eigenvalue weighted by atomic mass is 32.1. The third kappa shape index (κ3) is 2.88. The molecule has 3 atom stereocenters. The predicted molar refractivity (Wildman–Crippen MR) is 89.0 cm³/mol. The Balaban J connectivity index is 1.55. The van der Waals surface area contributed by atoms with Crippen molar-refractivity contribution in [3.8, 4) is 0 Å². The van der Waals surface area contributed by atoms with E-state index in [1.807, 2.05) is 0 Å². The number of fused-ring (bicyclic) bond motifs is 2. The largest absolute Gasteiger partial charge is 0.359 e. The molecule has 0 amide bonds. The van der Waals surface area contributed by atoms with Gasteiger partial charge in [-0.2, -0.15) is 0 Å². The number of nitrogens with one attached hydrogen (secondary N) is 2. The summed E-state index contributed by atoms with van der Waals surface area (Å²) in [6.45, 7) is 4.41. The zero-order valence-electron chi connectivity index (χ0n) is 12.1. The van der Waals surface area contributed by atoms with Gasteiger partial charge in [0, 0.05) is 11.7 Å². The van der Waals surface area contributed by atoms with Crippen LogP contribution in [0.25, 0.3) is 0 Å². The molecule has 0 radical (unpaired) electrons. The lowest BCUT2D eigenvalue weighted by atomic mass is 10.0. The molecule has 20 heavy (non-hydrogen) atoms. The number of thiocarbonyl (C=S) groups is 1. The third-order valence-electron chi connectivity index (χ3n) is 4.43. The summed E-state index contributed by atoms with van der Waals surface area (Å²) >= 11 is 5.43. The van der Waals surface area contributed by atoms with Crippen molar-refractivity contribution in [1.82, 2.24) is 5.32 Å². The van der Waals surface area contributed by atoms with Crippen LogP contribution in [0.3, 0.4) is 0 Å². The molecule has 0 saturated heterocycles. The smallest absolute Gasteiger partial charge is 0.171 e. The van der Waals surface area contributed by atoms with Crippen molar-refractivity contribution in [1.29, 1.82) is 0 Å². The maximum atomic E-state index is 5.43. The lowest BCUT2D eigenvalue weighted by molar-refractivity contribution is 0.526. The molecule has 0 aromatic heterocycles. The normalized spacial score (nSPS) is 27.1. The van der Waals surface area contributed by atoms with Gasteiger partial charge < -0.3 is 10.6 Å². The molecule has 1 aromatic carbocycles. The molecule has 3 rings (SSSR count). The Hall–Kier alpha value is -1.35. The molecule has 2 N–H and O–H groups in total. The Morgan fingerprint density at radius 2 is 1.90 bits per heavy atom. The summed E-state index contributed by atoms with van der Waals surface area (Å²) < 4.78 is 0. The molecular weight excluding hydrogens is 264 g/mol. The highest BCUT2D eigenvalue weighted by Crippen LogP contribution is 2.38. The van der Waals surface area contributed by atoms with E-state index in [1.165, 1.54) is 18.4 Å². The van der Waals surface area contributed by atoms with Gasteiger partial charge in [0.1, 0.15) is 0 Å². The number of anilines is 1. The van der Waals surface area contributed by atoms with Gasteiger partial charge in [-0.3, -0.25) is 0 Å². The zero-order chi connectivity index (χ0) is 14.1. The third-order valence-corrected chi connectivity index (χ3v) is 4.65. The number of allylic oxidation sites excluding steroid dienone is 1. The van der Waals surface area contributed by atoms with E-state index in [9.17, 15) is 0 Å². The van der Waals surface area contributed by atoms with Crippen LogP contribution in [0.2, 0.25) is 0 Å². The van der Waals surface area contributed by atoms with E-state index in [2.05, 4.69) is 60.9 Å². The molecule has 3 heteroatoms. The fourth-order valence-corrected chi connectivity index (χ4v) is 3.50. The van der Waals surface area contributed by atoms with Gasteiger partial charge in [0.15, 0.2) is 5.11 Å². The summed E-state index contributed by atoms with van der Waals surface area (Å²) in [6, 6.07) is 9.04. The fraction of sp³-hybridized carbons (Fsp3) is 0.471. The Morgan fingerprint density at radius 3 is 2.45 bits per heavy atom. The molecule has 0 heterocycles. The van der Waals surface area contributed by atoms with Crippen LogP contribution in [0, 0.1) is 11.8 Å². The summed E-state index contributed by atoms with van der Waals surface area (Å²) in [5, 5.41) is 7.50. The second kappa shape index (κ2) is 5.57. The number of hydrogen-bond donors (Lipinski definition) is 2. The van der Waals surface area contributed by atoms with Crippen molar-refractivity contribution in [2.75, 3.05) is 5.32 Å². The maximum absolute atomic E-state index is 5.43. The molecule has 1 saturated carbocycles. The first-order chi connectivity index (χ1) is 9.61. The average Bonchev–Trinajstić information content (AvgIpc) is 3.01. The van der Waals surface area contributed by atoms with E-state index in [4.69, 9.17) is 12.2 Å². The standard InChI is InChI=1S/C17H22N2S/c1-11(2)13-5-7-15(8-6-13)18-17(20)19-16-10-12-3-4-14(16)9-12/h3-8,11-12,14,16H,9-10H2,1-2H3,(H2,18,19,20)/t12-,14+,16+/m1/s1. The van der Waals surface area contributed by atoms with Crippen LogP contribution < -0.4 is 10.6 Å². The van der Waals surface area contributed by atoms with Crippen molar-refractivity contribution in [2.45, 2.75) is 38.6 Å². The predicted octanol–water partition coefficient (Wildman–Crippen LogP) is 4.06. The van der Waals surface area contributed by atoms with Gasteiger partial charge in [-0.15, -0.1) is 0 Å². The van der Waals surface area contributed by atoms with Gasteiger partial charge in [0.05, 0.1) is 0 Å². The van der Waals surface area contributed by atoms with Crippen LogP contribution in [0.4, 0.5) is 5.69 Å². The molecule has 2 aliphatic rings. The minimum atomic E-state index is 0.514. The van der Waals surface area contributed by atoms with Crippen LogP contribution in [-0.4, -0.2) is 11.2 Å². The molecular formula is C17H22N2S. The highest BCUT2D eigenvalue weighted by molar-refractivity contribution is 7.80. The van der Waals surface area contributed by atoms with Crippen molar-refractivity contribution in [2.24, 2.45) is 11.8 Å². The van der Waals surface area contributed by atoms with E-state index < -0.39 is 0 Å². The average molecular weight is 286 g/mol. The summed E-state index contributed by atoms with van der Waals surface area (Å²) in [6.07, 6.45) is 7.20.